The van der Waals surface area contributed by atoms with Gasteiger partial charge in [-0.25, -0.2) is 0 Å². The molecule has 0 atom stereocenters. The molecule has 1 N–H and O–H groups in total. The number of nitrogens with zero attached hydrogens (tertiary/aromatic N) is 2. The Balaban J connectivity index is 1.35. The molecule has 0 spiro atoms. The van der Waals surface area contributed by atoms with Crippen molar-refractivity contribution in [2.24, 2.45) is 5.92 Å². The van der Waals surface area contributed by atoms with Crippen LogP contribution in [0.1, 0.15) is 39.9 Å². The molecule has 6 nitrogen and oxygen atoms in total. The second-order valence-corrected chi connectivity index (χ2v) is 9.08. The molecule has 1 aliphatic rings. The second kappa shape index (κ2) is 11.3. The SMILES string of the molecule is Cc1cc(CN2CCC(CO)CC2)ccc1C(=O)Cn1ccc(OCc2ccccc2)cc1=O. The lowest BCUT2D eigenvalue weighted by Gasteiger charge is -2.31. The fourth-order valence-electron chi connectivity index (χ4n) is 4.41. The number of ketones is 1. The van der Waals surface area contributed by atoms with Crippen LogP contribution in [0.15, 0.2) is 71.7 Å². The number of likely N-dealkylation sites (tertiary alicyclic amines) is 1. The van der Waals surface area contributed by atoms with E-state index in [4.69, 9.17) is 4.74 Å². The Bertz CT molecular complexity index is 1160. The van der Waals surface area contributed by atoms with Gasteiger partial charge in [-0.1, -0.05) is 48.5 Å². The van der Waals surface area contributed by atoms with E-state index < -0.39 is 0 Å². The number of rotatable bonds is 9. The van der Waals surface area contributed by atoms with Gasteiger partial charge in [-0.2, -0.15) is 0 Å². The lowest BCUT2D eigenvalue weighted by atomic mass is 9.97. The molecule has 0 saturated carbocycles. The molecule has 178 valence electrons. The molecule has 0 amide bonds. The summed E-state index contributed by atoms with van der Waals surface area (Å²) in [6.45, 7) is 5.41. The van der Waals surface area contributed by atoms with Gasteiger partial charge in [-0.05, 0) is 61.5 Å². The number of aliphatic hydroxyl groups excluding tert-OH is 1. The third-order valence-corrected chi connectivity index (χ3v) is 6.49. The number of benzene rings is 2. The Morgan fingerprint density at radius 3 is 2.47 bits per heavy atom. The first kappa shape index (κ1) is 23.9. The van der Waals surface area contributed by atoms with Gasteiger partial charge in [0.25, 0.3) is 5.56 Å². The van der Waals surface area contributed by atoms with Crippen LogP contribution in [0.3, 0.4) is 0 Å². The highest BCUT2D eigenvalue weighted by atomic mass is 16.5. The number of hydrogen-bond acceptors (Lipinski definition) is 5. The summed E-state index contributed by atoms with van der Waals surface area (Å²) in [5.74, 6) is 0.819. The third-order valence-electron chi connectivity index (χ3n) is 6.49. The number of Topliss-reactive ketones (excluding diaryl/α,β-unsaturated/α-hetero) is 1. The quantitative estimate of drug-likeness (QED) is 0.492. The lowest BCUT2D eigenvalue weighted by molar-refractivity contribution is 0.0970. The Kier molecular flexibility index (Phi) is 7.93. The number of piperidine rings is 1. The number of hydrogen-bond donors (Lipinski definition) is 1. The summed E-state index contributed by atoms with van der Waals surface area (Å²) in [7, 11) is 0. The smallest absolute Gasteiger partial charge is 0.254 e. The fraction of sp³-hybridized carbons (Fsp3) is 0.357. The van der Waals surface area contributed by atoms with E-state index in [1.54, 1.807) is 12.3 Å². The molecule has 1 aliphatic heterocycles. The van der Waals surface area contributed by atoms with Crippen LogP contribution in [0.5, 0.6) is 5.75 Å². The van der Waals surface area contributed by atoms with E-state index in [1.807, 2.05) is 49.4 Å². The summed E-state index contributed by atoms with van der Waals surface area (Å²) in [6.07, 6.45) is 3.66. The first-order chi connectivity index (χ1) is 16.5. The third kappa shape index (κ3) is 6.22. The highest BCUT2D eigenvalue weighted by Gasteiger charge is 2.19. The van der Waals surface area contributed by atoms with Gasteiger partial charge in [0, 0.05) is 31.0 Å². The van der Waals surface area contributed by atoms with E-state index in [0.717, 1.165) is 43.6 Å². The molecule has 0 aliphatic carbocycles. The highest BCUT2D eigenvalue weighted by molar-refractivity contribution is 5.97. The van der Waals surface area contributed by atoms with E-state index in [1.165, 1.54) is 16.2 Å². The van der Waals surface area contributed by atoms with Crippen molar-refractivity contribution in [1.82, 2.24) is 9.47 Å². The topological polar surface area (TPSA) is 71.8 Å². The van der Waals surface area contributed by atoms with Crippen molar-refractivity contribution in [2.75, 3.05) is 19.7 Å². The zero-order valence-electron chi connectivity index (χ0n) is 19.7. The minimum atomic E-state index is -0.264. The lowest BCUT2D eigenvalue weighted by Crippen LogP contribution is -2.34. The monoisotopic (exact) mass is 460 g/mol. The average Bonchev–Trinajstić information content (AvgIpc) is 2.85. The summed E-state index contributed by atoms with van der Waals surface area (Å²) in [5.41, 5.74) is 3.49. The number of carbonyl (C=O) groups is 1. The molecule has 1 fully saturated rings. The summed E-state index contributed by atoms with van der Waals surface area (Å²) < 4.78 is 7.12. The molecule has 3 aromatic rings. The molecule has 4 rings (SSSR count). The van der Waals surface area contributed by atoms with Crippen molar-refractivity contribution in [1.29, 1.82) is 0 Å². The van der Waals surface area contributed by atoms with Gasteiger partial charge in [0.2, 0.25) is 0 Å². The highest BCUT2D eigenvalue weighted by Crippen LogP contribution is 2.20. The Hall–Kier alpha value is -3.22. The molecular formula is C28H32N2O4. The van der Waals surface area contributed by atoms with Gasteiger partial charge in [0.15, 0.2) is 5.78 Å². The average molecular weight is 461 g/mol. The minimum Gasteiger partial charge on any atom is -0.489 e. The summed E-state index contributed by atoms with van der Waals surface area (Å²) >= 11 is 0. The van der Waals surface area contributed by atoms with Gasteiger partial charge in [0.05, 0.1) is 6.54 Å². The Morgan fingerprint density at radius 2 is 1.79 bits per heavy atom. The van der Waals surface area contributed by atoms with Gasteiger partial charge >= 0.3 is 0 Å². The van der Waals surface area contributed by atoms with Gasteiger partial charge in [-0.3, -0.25) is 14.5 Å². The molecule has 0 radical (unpaired) electrons. The van der Waals surface area contributed by atoms with Crippen molar-refractivity contribution in [3.8, 4) is 5.75 Å². The zero-order chi connectivity index (χ0) is 23.9. The molecular weight excluding hydrogens is 428 g/mol. The maximum atomic E-state index is 12.9. The van der Waals surface area contributed by atoms with Crippen LogP contribution in [0, 0.1) is 12.8 Å². The van der Waals surface area contributed by atoms with Crippen LogP contribution in [-0.4, -0.2) is 40.1 Å². The predicted molar refractivity (Wildman–Crippen MR) is 132 cm³/mol. The summed E-state index contributed by atoms with van der Waals surface area (Å²) in [4.78, 5) is 27.9. The standard InChI is InChI=1S/C28H32N2O4/c1-21-15-24(17-29-12-9-22(19-31)10-13-29)7-8-26(21)27(32)18-30-14-11-25(16-28(30)33)34-20-23-5-3-2-4-6-23/h2-8,11,14-16,22,31H,9-10,12-13,17-20H2,1H3. The normalized spacial score (nSPS) is 14.8. The molecule has 34 heavy (non-hydrogen) atoms. The number of aromatic nitrogens is 1. The Morgan fingerprint density at radius 1 is 1.03 bits per heavy atom. The van der Waals surface area contributed by atoms with Crippen LogP contribution in [0.25, 0.3) is 0 Å². The number of ether oxygens (including phenoxy) is 1. The van der Waals surface area contributed by atoms with Crippen molar-refractivity contribution < 1.29 is 14.6 Å². The maximum absolute atomic E-state index is 12.9. The number of aliphatic hydroxyl groups is 1. The first-order valence-electron chi connectivity index (χ1n) is 11.8. The van der Waals surface area contributed by atoms with E-state index in [-0.39, 0.29) is 24.5 Å². The van der Waals surface area contributed by atoms with Crippen molar-refractivity contribution in [3.63, 3.8) is 0 Å². The van der Waals surface area contributed by atoms with E-state index in [2.05, 4.69) is 11.0 Å². The van der Waals surface area contributed by atoms with Gasteiger partial charge in [0.1, 0.15) is 12.4 Å². The minimum absolute atomic E-state index is 0.00728. The predicted octanol–water partition coefficient (Wildman–Crippen LogP) is 3.82. The summed E-state index contributed by atoms with van der Waals surface area (Å²) in [6, 6.07) is 18.8. The van der Waals surface area contributed by atoms with E-state index in [9.17, 15) is 14.7 Å². The molecule has 2 heterocycles. The number of pyridine rings is 1. The largest absolute Gasteiger partial charge is 0.489 e. The fourth-order valence-corrected chi connectivity index (χ4v) is 4.41. The van der Waals surface area contributed by atoms with Gasteiger partial charge in [-0.15, -0.1) is 0 Å². The molecule has 1 aromatic heterocycles. The van der Waals surface area contributed by atoms with Gasteiger partial charge < -0.3 is 14.4 Å². The number of carbonyl (C=O) groups excluding carboxylic acids is 1. The molecule has 1 saturated heterocycles. The molecule has 0 bridgehead atoms. The maximum Gasteiger partial charge on any atom is 0.254 e. The summed E-state index contributed by atoms with van der Waals surface area (Å²) in [5, 5.41) is 9.31. The van der Waals surface area contributed by atoms with Crippen LogP contribution < -0.4 is 10.3 Å². The van der Waals surface area contributed by atoms with E-state index >= 15 is 0 Å². The number of aryl methyl sites for hydroxylation is 1. The van der Waals surface area contributed by atoms with Crippen LogP contribution in [-0.2, 0) is 19.7 Å². The molecule has 2 aromatic carbocycles. The van der Waals surface area contributed by atoms with Crippen molar-refractivity contribution in [2.45, 2.75) is 39.5 Å². The molecule has 6 heteroatoms. The van der Waals surface area contributed by atoms with E-state index in [0.29, 0.717) is 23.8 Å². The van der Waals surface area contributed by atoms with Crippen LogP contribution >= 0.6 is 0 Å². The Labute approximate surface area is 200 Å². The second-order valence-electron chi connectivity index (χ2n) is 9.08. The van der Waals surface area contributed by atoms with Crippen LogP contribution in [0.4, 0.5) is 0 Å². The molecule has 0 unspecified atom stereocenters. The van der Waals surface area contributed by atoms with Crippen molar-refractivity contribution >= 4 is 5.78 Å². The zero-order valence-corrected chi connectivity index (χ0v) is 19.7. The van der Waals surface area contributed by atoms with Crippen LogP contribution in [0.2, 0.25) is 0 Å². The van der Waals surface area contributed by atoms with Crippen molar-refractivity contribution in [3.05, 3.63) is 99.5 Å². The first-order valence-corrected chi connectivity index (χ1v) is 11.8.